The number of thiocarbonyl (C=S) groups is 1. The molecular weight excluding hydrogens is 175 g/mol. The molecule has 64 valence electrons. The smallest absolute Gasteiger partial charge is 0.170 e. The number of halogens is 1. The van der Waals surface area contributed by atoms with Crippen molar-refractivity contribution in [3.05, 3.63) is 30.1 Å². The van der Waals surface area contributed by atoms with E-state index in [0.717, 1.165) is 0 Å². The highest BCUT2D eigenvalue weighted by molar-refractivity contribution is 7.80. The minimum atomic E-state index is -0.310. The number of hydrogen-bond acceptors (Lipinski definition) is 1. The van der Waals surface area contributed by atoms with E-state index < -0.39 is 0 Å². The summed E-state index contributed by atoms with van der Waals surface area (Å²) in [5.74, 6) is -0.310. The Labute approximate surface area is 75.8 Å². The predicted molar refractivity (Wildman–Crippen MR) is 51.7 cm³/mol. The fourth-order valence-corrected chi connectivity index (χ4v) is 0.857. The number of nitrogens with one attached hydrogen (secondary N) is 2. The van der Waals surface area contributed by atoms with Crippen LogP contribution in [0.2, 0.25) is 0 Å². The van der Waals surface area contributed by atoms with Crippen molar-refractivity contribution < 1.29 is 4.39 Å². The van der Waals surface area contributed by atoms with E-state index in [1.165, 1.54) is 6.07 Å². The third-order valence-electron chi connectivity index (χ3n) is 1.35. The van der Waals surface area contributed by atoms with Gasteiger partial charge in [0.15, 0.2) is 5.11 Å². The highest BCUT2D eigenvalue weighted by atomic mass is 32.1. The summed E-state index contributed by atoms with van der Waals surface area (Å²) in [6.45, 7) is 0. The van der Waals surface area contributed by atoms with Gasteiger partial charge in [-0.15, -0.1) is 0 Å². The minimum Gasteiger partial charge on any atom is -0.366 e. The quantitative estimate of drug-likeness (QED) is 0.650. The summed E-state index contributed by atoms with van der Waals surface area (Å²) >= 11 is 4.81. The summed E-state index contributed by atoms with van der Waals surface area (Å²) in [7, 11) is 1.68. The molecular formula is C8H9FN2S. The number of hydrogen-bond donors (Lipinski definition) is 2. The summed E-state index contributed by atoms with van der Waals surface area (Å²) in [4.78, 5) is 0. The molecule has 0 aliphatic heterocycles. The van der Waals surface area contributed by atoms with Gasteiger partial charge in [0.05, 0.1) is 5.69 Å². The lowest BCUT2D eigenvalue weighted by molar-refractivity contribution is 0.632. The van der Waals surface area contributed by atoms with Crippen molar-refractivity contribution in [2.24, 2.45) is 0 Å². The second kappa shape index (κ2) is 4.01. The van der Waals surface area contributed by atoms with Crippen LogP contribution in [0.5, 0.6) is 0 Å². The van der Waals surface area contributed by atoms with Gasteiger partial charge in [-0.25, -0.2) is 4.39 Å². The summed E-state index contributed by atoms with van der Waals surface area (Å²) in [6.07, 6.45) is 0. The molecule has 0 unspecified atom stereocenters. The number of rotatable bonds is 1. The van der Waals surface area contributed by atoms with E-state index in [1.807, 2.05) is 0 Å². The molecule has 0 aliphatic rings. The molecule has 0 spiro atoms. The number of anilines is 1. The zero-order valence-corrected chi connectivity index (χ0v) is 7.41. The summed E-state index contributed by atoms with van der Waals surface area (Å²) < 4.78 is 12.9. The lowest BCUT2D eigenvalue weighted by Crippen LogP contribution is -2.24. The molecule has 0 saturated heterocycles. The first kappa shape index (κ1) is 8.93. The Morgan fingerprint density at radius 1 is 1.42 bits per heavy atom. The van der Waals surface area contributed by atoms with Gasteiger partial charge in [0.1, 0.15) is 5.82 Å². The van der Waals surface area contributed by atoms with Crippen LogP contribution in [-0.2, 0) is 0 Å². The van der Waals surface area contributed by atoms with Crippen molar-refractivity contribution in [3.63, 3.8) is 0 Å². The van der Waals surface area contributed by atoms with Crippen LogP contribution in [-0.4, -0.2) is 12.2 Å². The molecule has 12 heavy (non-hydrogen) atoms. The second-order valence-corrected chi connectivity index (χ2v) is 2.59. The van der Waals surface area contributed by atoms with E-state index >= 15 is 0 Å². The number of para-hydroxylation sites is 1. The highest BCUT2D eigenvalue weighted by Gasteiger charge is 1.99. The number of benzene rings is 1. The zero-order valence-electron chi connectivity index (χ0n) is 6.60. The zero-order chi connectivity index (χ0) is 8.97. The monoisotopic (exact) mass is 184 g/mol. The van der Waals surface area contributed by atoms with Crippen molar-refractivity contribution >= 4 is 23.0 Å². The first-order valence-electron chi connectivity index (χ1n) is 3.47. The first-order chi connectivity index (χ1) is 5.74. The van der Waals surface area contributed by atoms with Crippen LogP contribution in [0, 0.1) is 5.82 Å². The van der Waals surface area contributed by atoms with E-state index in [2.05, 4.69) is 10.6 Å². The van der Waals surface area contributed by atoms with Crippen LogP contribution in [0.1, 0.15) is 0 Å². The summed E-state index contributed by atoms with van der Waals surface area (Å²) in [6, 6.07) is 6.37. The SMILES string of the molecule is CNC(=S)Nc1ccccc1F. The molecule has 2 N–H and O–H groups in total. The molecule has 0 bridgehead atoms. The molecule has 1 rings (SSSR count). The fraction of sp³-hybridized carbons (Fsp3) is 0.125. The van der Waals surface area contributed by atoms with E-state index in [1.54, 1.807) is 25.2 Å². The Hall–Kier alpha value is -1.16. The topological polar surface area (TPSA) is 24.1 Å². The maximum Gasteiger partial charge on any atom is 0.170 e. The van der Waals surface area contributed by atoms with Gasteiger partial charge >= 0.3 is 0 Å². The van der Waals surface area contributed by atoms with Gasteiger partial charge in [0.2, 0.25) is 0 Å². The van der Waals surface area contributed by atoms with E-state index in [-0.39, 0.29) is 5.82 Å². The molecule has 0 heterocycles. The third-order valence-corrected chi connectivity index (χ3v) is 1.66. The molecule has 1 aromatic rings. The summed E-state index contributed by atoms with van der Waals surface area (Å²) in [5.41, 5.74) is 0.386. The molecule has 0 amide bonds. The van der Waals surface area contributed by atoms with Crippen LogP contribution < -0.4 is 10.6 Å². The highest BCUT2D eigenvalue weighted by Crippen LogP contribution is 2.11. The van der Waals surface area contributed by atoms with E-state index in [9.17, 15) is 4.39 Å². The van der Waals surface area contributed by atoms with Crippen molar-refractivity contribution in [1.82, 2.24) is 5.32 Å². The maximum atomic E-state index is 12.9. The largest absolute Gasteiger partial charge is 0.366 e. The molecule has 0 radical (unpaired) electrons. The first-order valence-corrected chi connectivity index (χ1v) is 3.88. The lowest BCUT2D eigenvalue weighted by atomic mass is 10.3. The molecule has 0 aromatic heterocycles. The normalized spacial score (nSPS) is 9.17. The van der Waals surface area contributed by atoms with Gasteiger partial charge in [-0.3, -0.25) is 0 Å². The molecule has 4 heteroatoms. The average Bonchev–Trinajstić information content (AvgIpc) is 2.09. The Bertz CT molecular complexity index is 288. The van der Waals surface area contributed by atoms with Crippen LogP contribution in [0.3, 0.4) is 0 Å². The summed E-state index contributed by atoms with van der Waals surface area (Å²) in [5, 5.41) is 5.80. The Morgan fingerprint density at radius 3 is 2.67 bits per heavy atom. The second-order valence-electron chi connectivity index (χ2n) is 2.18. The van der Waals surface area contributed by atoms with Gasteiger partial charge in [-0.1, -0.05) is 12.1 Å². The minimum absolute atomic E-state index is 0.310. The van der Waals surface area contributed by atoms with Gasteiger partial charge in [0, 0.05) is 7.05 Å². The fourth-order valence-electron chi connectivity index (χ4n) is 0.747. The molecule has 0 saturated carbocycles. The maximum absolute atomic E-state index is 12.9. The van der Waals surface area contributed by atoms with E-state index in [0.29, 0.717) is 10.8 Å². The van der Waals surface area contributed by atoms with Gasteiger partial charge in [-0.05, 0) is 24.4 Å². The van der Waals surface area contributed by atoms with Crippen molar-refractivity contribution in [2.45, 2.75) is 0 Å². The van der Waals surface area contributed by atoms with Crippen LogP contribution >= 0.6 is 12.2 Å². The Kier molecular flexibility index (Phi) is 2.99. The van der Waals surface area contributed by atoms with E-state index in [4.69, 9.17) is 12.2 Å². The average molecular weight is 184 g/mol. The molecule has 0 fully saturated rings. The Balaban J connectivity index is 2.75. The molecule has 1 aromatic carbocycles. The van der Waals surface area contributed by atoms with Gasteiger partial charge in [-0.2, -0.15) is 0 Å². The van der Waals surface area contributed by atoms with Crippen molar-refractivity contribution in [2.75, 3.05) is 12.4 Å². The standard InChI is InChI=1S/C8H9FN2S/c1-10-8(12)11-7-5-3-2-4-6(7)9/h2-5H,1H3,(H2,10,11,12). The van der Waals surface area contributed by atoms with Crippen LogP contribution in [0.25, 0.3) is 0 Å². The third kappa shape index (κ3) is 2.17. The van der Waals surface area contributed by atoms with Crippen LogP contribution in [0.4, 0.5) is 10.1 Å². The van der Waals surface area contributed by atoms with Crippen molar-refractivity contribution in [3.8, 4) is 0 Å². The van der Waals surface area contributed by atoms with Gasteiger partial charge < -0.3 is 10.6 Å². The molecule has 0 aliphatic carbocycles. The van der Waals surface area contributed by atoms with Crippen LogP contribution in [0.15, 0.2) is 24.3 Å². The predicted octanol–water partition coefficient (Wildman–Crippen LogP) is 1.74. The molecule has 2 nitrogen and oxygen atoms in total. The molecule has 0 atom stereocenters. The van der Waals surface area contributed by atoms with Gasteiger partial charge in [0.25, 0.3) is 0 Å². The lowest BCUT2D eigenvalue weighted by Gasteiger charge is -2.06. The Morgan fingerprint density at radius 2 is 2.08 bits per heavy atom. The van der Waals surface area contributed by atoms with Crippen molar-refractivity contribution in [1.29, 1.82) is 0 Å².